The summed E-state index contributed by atoms with van der Waals surface area (Å²) < 4.78 is 85.0. The van der Waals surface area contributed by atoms with Crippen molar-refractivity contribution in [2.24, 2.45) is 0 Å². The molecular weight excluding hydrogens is 741 g/mol. The fraction of sp³-hybridized carbons (Fsp3) is 0. The zero-order chi connectivity index (χ0) is 47.2. The fourth-order valence-electron chi connectivity index (χ4n) is 8.55. The maximum atomic E-state index is 10.1. The molecular formula is C58H38N2O. The van der Waals surface area contributed by atoms with Crippen LogP contribution in [0.15, 0.2) is 235 Å². The number of hydrogen-bond acceptors (Lipinski definition) is 2. The molecule has 2 heterocycles. The Morgan fingerprint density at radius 2 is 0.934 bits per heavy atom. The van der Waals surface area contributed by atoms with Gasteiger partial charge in [0, 0.05) is 44.3 Å². The van der Waals surface area contributed by atoms with Crippen LogP contribution in [0.25, 0.3) is 93.6 Å². The Labute approximate surface area is 364 Å². The summed E-state index contributed by atoms with van der Waals surface area (Å²) in [5.74, 6) is 0. The summed E-state index contributed by atoms with van der Waals surface area (Å²) in [6.45, 7) is 0. The molecule has 0 unspecified atom stereocenters. The quantitative estimate of drug-likeness (QED) is 0.160. The van der Waals surface area contributed by atoms with Crippen molar-refractivity contribution < 1.29 is 15.4 Å². The van der Waals surface area contributed by atoms with Crippen LogP contribution in [0.4, 0.5) is 17.1 Å². The first-order valence-electron chi connectivity index (χ1n) is 24.2. The molecule has 10 aromatic carbocycles. The number of furan rings is 1. The Balaban J connectivity index is 1.12. The molecule has 0 saturated heterocycles. The van der Waals surface area contributed by atoms with Gasteiger partial charge >= 0.3 is 0 Å². The summed E-state index contributed by atoms with van der Waals surface area (Å²) >= 11 is 0. The molecule has 0 spiro atoms. The van der Waals surface area contributed by atoms with Gasteiger partial charge in [0.15, 0.2) is 0 Å². The first-order valence-corrected chi connectivity index (χ1v) is 20.2. The molecule has 2 aromatic heterocycles. The lowest BCUT2D eigenvalue weighted by Crippen LogP contribution is -2.09. The van der Waals surface area contributed by atoms with Crippen molar-refractivity contribution in [1.82, 2.24) is 4.57 Å². The summed E-state index contributed by atoms with van der Waals surface area (Å²) in [5, 5.41) is 2.00. The fourth-order valence-corrected chi connectivity index (χ4v) is 8.55. The first-order chi connectivity index (χ1) is 33.6. The third kappa shape index (κ3) is 5.98. The number of para-hydroxylation sites is 2. The van der Waals surface area contributed by atoms with Gasteiger partial charge in [0.2, 0.25) is 0 Å². The smallest absolute Gasteiger partial charge is 0.136 e. The van der Waals surface area contributed by atoms with Crippen molar-refractivity contribution >= 4 is 71.6 Å². The summed E-state index contributed by atoms with van der Waals surface area (Å²) in [6.07, 6.45) is 0. The third-order valence-corrected chi connectivity index (χ3v) is 11.5. The maximum Gasteiger partial charge on any atom is 0.136 e. The van der Waals surface area contributed by atoms with E-state index in [0.717, 1.165) is 49.7 Å². The van der Waals surface area contributed by atoms with Gasteiger partial charge in [-0.05, 0) is 129 Å². The molecule has 0 fully saturated rings. The molecule has 0 N–H and O–H groups in total. The SMILES string of the molecule is [2H]c1c(N(c2ccc(-c3ccccc3)cc2)c2ccc(-c3ccccc3)cc2)c([2H])c2c(oc3c([2H])c([2H])c4c([2H])c([2H])c(-c5ccc6c(c5)c5ccccc5n6-c5ccccc5)c([2H])c4c32)c1[2H]. The van der Waals surface area contributed by atoms with E-state index in [0.29, 0.717) is 16.9 Å². The van der Waals surface area contributed by atoms with Crippen LogP contribution in [0.1, 0.15) is 11.0 Å². The van der Waals surface area contributed by atoms with E-state index in [4.69, 9.17) is 4.42 Å². The van der Waals surface area contributed by atoms with Gasteiger partial charge in [-0.15, -0.1) is 0 Å². The number of fused-ring (bicyclic) bond motifs is 8. The molecule has 3 nitrogen and oxygen atoms in total. The Kier molecular flexibility index (Phi) is 6.45. The average Bonchev–Trinajstić information content (AvgIpc) is 3.96. The molecule has 0 aliphatic rings. The van der Waals surface area contributed by atoms with Crippen molar-refractivity contribution in [3.8, 4) is 39.1 Å². The maximum absolute atomic E-state index is 10.1. The number of benzene rings is 10. The Morgan fingerprint density at radius 3 is 1.62 bits per heavy atom. The lowest BCUT2D eigenvalue weighted by Gasteiger charge is -2.26. The topological polar surface area (TPSA) is 21.3 Å². The summed E-state index contributed by atoms with van der Waals surface area (Å²) in [7, 11) is 0. The van der Waals surface area contributed by atoms with E-state index in [1.165, 1.54) is 0 Å². The van der Waals surface area contributed by atoms with E-state index in [2.05, 4.69) is 10.6 Å². The average molecular weight is 787 g/mol. The molecule has 286 valence electrons. The van der Waals surface area contributed by atoms with Crippen molar-refractivity contribution in [2.45, 2.75) is 0 Å². The Morgan fingerprint density at radius 1 is 0.377 bits per heavy atom. The highest BCUT2D eigenvalue weighted by molar-refractivity contribution is 6.20. The minimum absolute atomic E-state index is 0.0649. The van der Waals surface area contributed by atoms with Gasteiger partial charge in [-0.25, -0.2) is 0 Å². The van der Waals surface area contributed by atoms with Gasteiger partial charge in [-0.1, -0.05) is 146 Å². The summed E-state index contributed by atoms with van der Waals surface area (Å²) in [5.41, 5.74) is 8.54. The Hall–Kier alpha value is -8.14. The number of nitrogens with zero attached hydrogens (tertiary/aromatic N) is 2. The van der Waals surface area contributed by atoms with Crippen LogP contribution in [0.3, 0.4) is 0 Å². The van der Waals surface area contributed by atoms with Crippen LogP contribution < -0.4 is 4.90 Å². The first kappa shape index (κ1) is 27.5. The summed E-state index contributed by atoms with van der Waals surface area (Å²) in [4.78, 5) is 1.78. The van der Waals surface area contributed by atoms with Crippen LogP contribution >= 0.6 is 0 Å². The highest BCUT2D eigenvalue weighted by atomic mass is 16.3. The minimum atomic E-state index is -0.403. The Bertz CT molecular complexity index is 3940. The lowest BCUT2D eigenvalue weighted by molar-refractivity contribution is 0.669. The molecule has 61 heavy (non-hydrogen) atoms. The molecule has 0 bridgehead atoms. The van der Waals surface area contributed by atoms with Gasteiger partial charge in [-0.3, -0.25) is 0 Å². The van der Waals surface area contributed by atoms with Gasteiger partial charge in [0.1, 0.15) is 11.2 Å². The van der Waals surface area contributed by atoms with E-state index in [1.54, 1.807) is 4.90 Å². The summed E-state index contributed by atoms with van der Waals surface area (Å²) in [6, 6.07) is 56.9. The molecule has 0 radical (unpaired) electrons. The van der Waals surface area contributed by atoms with Gasteiger partial charge in [-0.2, -0.15) is 0 Å². The van der Waals surface area contributed by atoms with Crippen molar-refractivity contribution in [3.63, 3.8) is 0 Å². The third-order valence-electron chi connectivity index (χ3n) is 11.5. The van der Waals surface area contributed by atoms with Crippen LogP contribution in [-0.4, -0.2) is 4.57 Å². The number of hydrogen-bond donors (Lipinski definition) is 0. The molecule has 3 heteroatoms. The van der Waals surface area contributed by atoms with E-state index in [1.807, 2.05) is 176 Å². The van der Waals surface area contributed by atoms with Crippen molar-refractivity contribution in [3.05, 3.63) is 230 Å². The van der Waals surface area contributed by atoms with Crippen LogP contribution in [-0.2, 0) is 0 Å². The van der Waals surface area contributed by atoms with E-state index in [-0.39, 0.29) is 80.2 Å². The normalized spacial score (nSPS) is 13.4. The number of aromatic nitrogens is 1. The minimum Gasteiger partial charge on any atom is -0.456 e. The van der Waals surface area contributed by atoms with E-state index in [9.17, 15) is 11.0 Å². The monoisotopic (exact) mass is 786 g/mol. The largest absolute Gasteiger partial charge is 0.456 e. The second kappa shape index (κ2) is 14.3. The predicted octanol–water partition coefficient (Wildman–Crippen LogP) is 16.3. The molecule has 0 amide bonds. The molecule has 0 aliphatic carbocycles. The van der Waals surface area contributed by atoms with Crippen LogP contribution in [0.5, 0.6) is 0 Å². The zero-order valence-corrected chi connectivity index (χ0v) is 32.6. The van der Waals surface area contributed by atoms with E-state index < -0.39 is 12.1 Å². The van der Waals surface area contributed by atoms with Gasteiger partial charge < -0.3 is 13.9 Å². The van der Waals surface area contributed by atoms with Crippen LogP contribution in [0, 0.1) is 0 Å². The molecule has 0 aliphatic heterocycles. The number of rotatable bonds is 7. The highest BCUT2D eigenvalue weighted by Crippen LogP contribution is 2.43. The second-order valence-electron chi connectivity index (χ2n) is 15.1. The molecule has 12 rings (SSSR count). The van der Waals surface area contributed by atoms with Gasteiger partial charge in [0.05, 0.1) is 22.0 Å². The molecule has 0 atom stereocenters. The van der Waals surface area contributed by atoms with Gasteiger partial charge in [0.25, 0.3) is 0 Å². The van der Waals surface area contributed by atoms with E-state index >= 15 is 0 Å². The molecule has 0 saturated carbocycles. The van der Waals surface area contributed by atoms with Crippen molar-refractivity contribution in [2.75, 3.05) is 4.90 Å². The molecule has 12 aromatic rings. The van der Waals surface area contributed by atoms with Crippen molar-refractivity contribution in [1.29, 1.82) is 0 Å². The van der Waals surface area contributed by atoms with Crippen LogP contribution in [0.2, 0.25) is 0 Å². The predicted molar refractivity (Wildman–Crippen MR) is 257 cm³/mol. The lowest BCUT2D eigenvalue weighted by atomic mass is 9.97. The second-order valence-corrected chi connectivity index (χ2v) is 15.1. The standard InChI is InChI=1S/C58H38N2O/c1-4-12-39(13-5-1)41-22-28-47(29-23-41)59(48-30-24-42(25-31-48)40-14-6-2-7-15-40)49-32-35-56-53(38-49)58-51-36-44(21-20-43(51)27-34-57(58)61-56)45-26-33-55-52(37-45)50-18-10-11-19-54(50)60(55)46-16-8-3-9-17-46/h1-38H/i20D,21D,27D,32D,34D,35D,36D,38D. The zero-order valence-electron chi connectivity index (χ0n) is 40.6. The highest BCUT2D eigenvalue weighted by Gasteiger charge is 2.19. The number of anilines is 3.